The maximum atomic E-state index is 13.1. The van der Waals surface area contributed by atoms with Crippen molar-refractivity contribution in [3.63, 3.8) is 0 Å². The maximum Gasteiger partial charge on any atom is 0.246 e. The second kappa shape index (κ2) is 5.77. The van der Waals surface area contributed by atoms with Gasteiger partial charge in [-0.2, -0.15) is 0 Å². The Labute approximate surface area is 125 Å². The number of hydrogen-bond donors (Lipinski definition) is 0. The van der Waals surface area contributed by atoms with Crippen molar-refractivity contribution in [2.75, 3.05) is 32.8 Å². The van der Waals surface area contributed by atoms with Crippen LogP contribution in [0.2, 0.25) is 0 Å². The Kier molecular flexibility index (Phi) is 3.99. The van der Waals surface area contributed by atoms with E-state index in [2.05, 4.69) is 23.7 Å². The van der Waals surface area contributed by atoms with Crippen LogP contribution in [0.5, 0.6) is 0 Å². The third-order valence-electron chi connectivity index (χ3n) is 4.48. The van der Waals surface area contributed by atoms with Crippen LogP contribution in [0.15, 0.2) is 6.33 Å². The molecule has 3 heterocycles. The Morgan fingerprint density at radius 1 is 1.33 bits per heavy atom. The molecule has 0 N–H and O–H groups in total. The SMILES string of the molecule is CC(C)N1CCc2ncn(C)c2[C@H]1C(=O)N1CCOCC1. The summed E-state index contributed by atoms with van der Waals surface area (Å²) in [6, 6.07) is 0.127. The van der Waals surface area contributed by atoms with Crippen molar-refractivity contribution >= 4 is 5.91 Å². The lowest BCUT2D eigenvalue weighted by molar-refractivity contribution is -0.143. The van der Waals surface area contributed by atoms with Gasteiger partial charge in [0.1, 0.15) is 6.04 Å². The topological polar surface area (TPSA) is 50.6 Å². The Morgan fingerprint density at radius 2 is 2.05 bits per heavy atom. The first kappa shape index (κ1) is 14.5. The fraction of sp³-hybridized carbons (Fsp3) is 0.733. The normalized spacial score (nSPS) is 23.4. The van der Waals surface area contributed by atoms with Gasteiger partial charge in [-0.25, -0.2) is 4.98 Å². The quantitative estimate of drug-likeness (QED) is 0.800. The lowest BCUT2D eigenvalue weighted by atomic mass is 9.99. The minimum atomic E-state index is -0.209. The van der Waals surface area contributed by atoms with E-state index in [4.69, 9.17) is 4.74 Å². The number of rotatable bonds is 2. The van der Waals surface area contributed by atoms with Crippen LogP contribution in [0.25, 0.3) is 0 Å². The second-order valence-electron chi connectivity index (χ2n) is 6.11. The van der Waals surface area contributed by atoms with Crippen LogP contribution in [-0.2, 0) is 23.0 Å². The van der Waals surface area contributed by atoms with Crippen LogP contribution in [0, 0.1) is 0 Å². The number of aryl methyl sites for hydroxylation is 1. The molecule has 0 saturated carbocycles. The lowest BCUT2D eigenvalue weighted by Crippen LogP contribution is -2.51. The molecular weight excluding hydrogens is 268 g/mol. The molecule has 0 radical (unpaired) electrons. The predicted octanol–water partition coefficient (Wildman–Crippen LogP) is 0.587. The maximum absolute atomic E-state index is 13.1. The van der Waals surface area contributed by atoms with Gasteiger partial charge in [-0.15, -0.1) is 0 Å². The van der Waals surface area contributed by atoms with E-state index in [0.29, 0.717) is 32.3 Å². The van der Waals surface area contributed by atoms with E-state index in [1.807, 2.05) is 22.8 Å². The summed E-state index contributed by atoms with van der Waals surface area (Å²) in [7, 11) is 1.98. The van der Waals surface area contributed by atoms with Crippen LogP contribution in [-0.4, -0.2) is 64.1 Å². The summed E-state index contributed by atoms with van der Waals surface area (Å²) in [5, 5.41) is 0. The molecule has 1 atom stereocenters. The number of imidazole rings is 1. The monoisotopic (exact) mass is 292 g/mol. The molecule has 0 unspecified atom stereocenters. The van der Waals surface area contributed by atoms with Crippen LogP contribution in [0.4, 0.5) is 0 Å². The Hall–Kier alpha value is -1.40. The van der Waals surface area contributed by atoms with Gasteiger partial charge in [-0.3, -0.25) is 9.69 Å². The molecule has 2 aliphatic rings. The molecule has 0 aliphatic carbocycles. The number of nitrogens with zero attached hydrogens (tertiary/aromatic N) is 4. The third kappa shape index (κ3) is 2.58. The molecule has 116 valence electrons. The summed E-state index contributed by atoms with van der Waals surface area (Å²) in [6.45, 7) is 7.85. The minimum Gasteiger partial charge on any atom is -0.378 e. The minimum absolute atomic E-state index is 0.191. The van der Waals surface area contributed by atoms with Gasteiger partial charge in [-0.1, -0.05) is 0 Å². The first-order valence-electron chi connectivity index (χ1n) is 7.72. The fourth-order valence-corrected chi connectivity index (χ4v) is 3.32. The first-order valence-corrected chi connectivity index (χ1v) is 7.72. The molecule has 3 rings (SSSR count). The summed E-state index contributed by atoms with van der Waals surface area (Å²) in [5.41, 5.74) is 2.13. The van der Waals surface area contributed by atoms with E-state index in [9.17, 15) is 4.79 Å². The molecule has 0 bridgehead atoms. The number of carbonyl (C=O) groups excluding carboxylic acids is 1. The van der Waals surface area contributed by atoms with Crippen molar-refractivity contribution < 1.29 is 9.53 Å². The van der Waals surface area contributed by atoms with Gasteiger partial charge >= 0.3 is 0 Å². The number of ether oxygens (including phenoxy) is 1. The van der Waals surface area contributed by atoms with E-state index < -0.39 is 0 Å². The molecule has 6 heteroatoms. The molecule has 1 saturated heterocycles. The van der Waals surface area contributed by atoms with Crippen molar-refractivity contribution in [3.05, 3.63) is 17.7 Å². The zero-order valence-electron chi connectivity index (χ0n) is 13.1. The Balaban J connectivity index is 1.94. The summed E-state index contributed by atoms with van der Waals surface area (Å²) in [5.74, 6) is 0.191. The van der Waals surface area contributed by atoms with Gasteiger partial charge in [-0.05, 0) is 13.8 Å². The number of carbonyl (C=O) groups is 1. The van der Waals surface area contributed by atoms with Crippen molar-refractivity contribution in [2.45, 2.75) is 32.4 Å². The van der Waals surface area contributed by atoms with Crippen molar-refractivity contribution in [1.29, 1.82) is 0 Å². The summed E-state index contributed by atoms with van der Waals surface area (Å²) in [4.78, 5) is 21.8. The highest BCUT2D eigenvalue weighted by atomic mass is 16.5. The number of aromatic nitrogens is 2. The van der Waals surface area contributed by atoms with Gasteiger partial charge < -0.3 is 14.2 Å². The molecule has 1 aromatic rings. The van der Waals surface area contributed by atoms with Crippen molar-refractivity contribution in [3.8, 4) is 0 Å². The van der Waals surface area contributed by atoms with Crippen LogP contribution >= 0.6 is 0 Å². The van der Waals surface area contributed by atoms with Crippen LogP contribution < -0.4 is 0 Å². The number of morpholine rings is 1. The molecule has 1 fully saturated rings. The molecule has 2 aliphatic heterocycles. The van der Waals surface area contributed by atoms with Crippen LogP contribution in [0.3, 0.4) is 0 Å². The second-order valence-corrected chi connectivity index (χ2v) is 6.11. The number of hydrogen-bond acceptors (Lipinski definition) is 4. The standard InChI is InChI=1S/C15H24N4O2/c1-11(2)19-5-4-12-13(17(3)10-16-12)14(19)15(20)18-6-8-21-9-7-18/h10-11,14H,4-9H2,1-3H3/t14-/m0/s1. The average molecular weight is 292 g/mol. The number of amides is 1. The molecule has 1 amide bonds. The van der Waals surface area contributed by atoms with E-state index >= 15 is 0 Å². The Morgan fingerprint density at radius 3 is 2.71 bits per heavy atom. The average Bonchev–Trinajstić information content (AvgIpc) is 2.88. The van der Waals surface area contributed by atoms with Crippen LogP contribution in [0.1, 0.15) is 31.3 Å². The van der Waals surface area contributed by atoms with Gasteiger partial charge in [0.15, 0.2) is 0 Å². The fourth-order valence-electron chi connectivity index (χ4n) is 3.32. The van der Waals surface area contributed by atoms with Gasteiger partial charge in [0.05, 0.1) is 30.9 Å². The summed E-state index contributed by atoms with van der Waals surface area (Å²) in [6.07, 6.45) is 2.75. The van der Waals surface area contributed by atoms with Gasteiger partial charge in [0, 0.05) is 39.1 Å². The predicted molar refractivity (Wildman–Crippen MR) is 78.9 cm³/mol. The highest BCUT2D eigenvalue weighted by molar-refractivity contribution is 5.83. The number of fused-ring (bicyclic) bond motifs is 1. The largest absolute Gasteiger partial charge is 0.378 e. The molecular formula is C15H24N4O2. The zero-order valence-corrected chi connectivity index (χ0v) is 13.1. The van der Waals surface area contributed by atoms with Crippen molar-refractivity contribution in [1.82, 2.24) is 19.4 Å². The van der Waals surface area contributed by atoms with Crippen molar-refractivity contribution in [2.24, 2.45) is 7.05 Å². The molecule has 0 aromatic carbocycles. The molecule has 21 heavy (non-hydrogen) atoms. The summed E-state index contributed by atoms with van der Waals surface area (Å²) >= 11 is 0. The lowest BCUT2D eigenvalue weighted by Gasteiger charge is -2.40. The highest BCUT2D eigenvalue weighted by Crippen LogP contribution is 2.32. The summed E-state index contributed by atoms with van der Waals surface area (Å²) < 4.78 is 7.37. The molecule has 6 nitrogen and oxygen atoms in total. The molecule has 1 aromatic heterocycles. The van der Waals surface area contributed by atoms with E-state index in [1.54, 1.807) is 0 Å². The molecule has 0 spiro atoms. The zero-order chi connectivity index (χ0) is 15.0. The van der Waals surface area contributed by atoms with Gasteiger partial charge in [0.25, 0.3) is 0 Å². The van der Waals surface area contributed by atoms with E-state index in [-0.39, 0.29) is 11.9 Å². The first-order chi connectivity index (χ1) is 10.1. The van der Waals surface area contributed by atoms with Gasteiger partial charge in [0.2, 0.25) is 5.91 Å². The van der Waals surface area contributed by atoms with E-state index in [1.165, 1.54) is 0 Å². The smallest absolute Gasteiger partial charge is 0.246 e. The third-order valence-corrected chi connectivity index (χ3v) is 4.48. The Bertz CT molecular complexity index is 520. The highest BCUT2D eigenvalue weighted by Gasteiger charge is 2.39. The van der Waals surface area contributed by atoms with E-state index in [0.717, 1.165) is 24.4 Å².